The van der Waals surface area contributed by atoms with Gasteiger partial charge in [0.2, 0.25) is 5.91 Å². The summed E-state index contributed by atoms with van der Waals surface area (Å²) < 4.78 is 0. The van der Waals surface area contributed by atoms with E-state index in [1.165, 1.54) is 6.33 Å². The van der Waals surface area contributed by atoms with Gasteiger partial charge in [0.25, 0.3) is 0 Å². The van der Waals surface area contributed by atoms with Gasteiger partial charge in [0, 0.05) is 19.6 Å². The predicted octanol–water partition coefficient (Wildman–Crippen LogP) is 1.34. The van der Waals surface area contributed by atoms with E-state index in [0.29, 0.717) is 18.1 Å². The minimum Gasteiger partial charge on any atom is -0.356 e. The van der Waals surface area contributed by atoms with Crippen LogP contribution in [0.1, 0.15) is 26.7 Å². The molecule has 0 spiro atoms. The van der Waals surface area contributed by atoms with Gasteiger partial charge in [-0.25, -0.2) is 15.0 Å². The molecule has 0 aromatic carbocycles. The number of nitrogens with zero attached hydrogens (tertiary/aromatic N) is 4. The van der Waals surface area contributed by atoms with Crippen LogP contribution >= 0.6 is 0 Å². The number of fused-ring (bicyclic) bond motifs is 1. The Balaban J connectivity index is 1.73. The average molecular weight is 302 g/mol. The lowest BCUT2D eigenvalue weighted by Crippen LogP contribution is -2.44. The lowest BCUT2D eigenvalue weighted by atomic mass is 9.97. The molecule has 3 rings (SSSR count). The van der Waals surface area contributed by atoms with Crippen molar-refractivity contribution in [1.82, 2.24) is 25.3 Å². The molecule has 7 nitrogen and oxygen atoms in total. The second-order valence-corrected chi connectivity index (χ2v) is 6.22. The van der Waals surface area contributed by atoms with Gasteiger partial charge in [-0.05, 0) is 18.8 Å². The number of nitrogens with one attached hydrogen (secondary N) is 2. The molecule has 2 aromatic rings. The summed E-state index contributed by atoms with van der Waals surface area (Å²) in [4.78, 5) is 30.2. The highest BCUT2D eigenvalue weighted by molar-refractivity contribution is 5.84. The molecule has 118 valence electrons. The number of hydrogen-bond acceptors (Lipinski definition) is 5. The van der Waals surface area contributed by atoms with Gasteiger partial charge in [-0.3, -0.25) is 4.79 Å². The van der Waals surface area contributed by atoms with Crippen molar-refractivity contribution in [3.05, 3.63) is 12.7 Å². The van der Waals surface area contributed by atoms with Gasteiger partial charge in [-0.15, -0.1) is 0 Å². The first-order valence-corrected chi connectivity index (χ1v) is 7.82. The summed E-state index contributed by atoms with van der Waals surface area (Å²) in [5.74, 6) is 1.47. The first-order valence-electron chi connectivity index (χ1n) is 7.82. The normalized spacial score (nSPS) is 18.9. The van der Waals surface area contributed by atoms with Gasteiger partial charge in [0.05, 0.1) is 12.2 Å². The third-order valence-electron chi connectivity index (χ3n) is 3.98. The highest BCUT2D eigenvalue weighted by atomic mass is 16.1. The molecule has 7 heteroatoms. The van der Waals surface area contributed by atoms with Crippen LogP contribution in [0.4, 0.5) is 5.82 Å². The Labute approximate surface area is 129 Å². The number of rotatable bonds is 4. The van der Waals surface area contributed by atoms with Crippen molar-refractivity contribution in [3.63, 3.8) is 0 Å². The van der Waals surface area contributed by atoms with Crippen LogP contribution in [-0.2, 0) is 4.79 Å². The largest absolute Gasteiger partial charge is 0.356 e. The summed E-state index contributed by atoms with van der Waals surface area (Å²) in [6, 6.07) is 0. The van der Waals surface area contributed by atoms with E-state index in [9.17, 15) is 4.79 Å². The molecule has 0 aliphatic carbocycles. The number of carbonyl (C=O) groups is 1. The second-order valence-electron chi connectivity index (χ2n) is 6.22. The van der Waals surface area contributed by atoms with Crippen molar-refractivity contribution in [3.8, 4) is 0 Å². The Hall–Kier alpha value is -2.18. The van der Waals surface area contributed by atoms with Gasteiger partial charge >= 0.3 is 0 Å². The van der Waals surface area contributed by atoms with Crippen molar-refractivity contribution in [1.29, 1.82) is 0 Å². The van der Waals surface area contributed by atoms with Crippen LogP contribution in [0.15, 0.2) is 12.7 Å². The summed E-state index contributed by atoms with van der Waals surface area (Å²) >= 11 is 0. The summed E-state index contributed by atoms with van der Waals surface area (Å²) in [5.41, 5.74) is 1.50. The maximum atomic E-state index is 12.3. The van der Waals surface area contributed by atoms with E-state index in [-0.39, 0.29) is 11.8 Å². The molecule has 1 amide bonds. The fraction of sp³-hybridized carbons (Fsp3) is 0.600. The SMILES string of the molecule is CC(C)CNC(=O)[C@H]1CCCN(c2ncnc3nc[nH]c23)C1. The molecular weight excluding hydrogens is 280 g/mol. The minimum absolute atomic E-state index is 0.0143. The molecule has 0 radical (unpaired) electrons. The van der Waals surface area contributed by atoms with Gasteiger partial charge in [-0.1, -0.05) is 13.8 Å². The summed E-state index contributed by atoms with van der Waals surface area (Å²) in [5, 5.41) is 3.04. The molecule has 1 aliphatic rings. The van der Waals surface area contributed by atoms with Gasteiger partial charge in [-0.2, -0.15) is 0 Å². The third-order valence-corrected chi connectivity index (χ3v) is 3.98. The molecule has 3 heterocycles. The number of anilines is 1. The Morgan fingerprint density at radius 3 is 3.14 bits per heavy atom. The van der Waals surface area contributed by atoms with E-state index in [1.54, 1.807) is 6.33 Å². The van der Waals surface area contributed by atoms with E-state index < -0.39 is 0 Å². The van der Waals surface area contributed by atoms with Crippen molar-refractivity contribution < 1.29 is 4.79 Å². The van der Waals surface area contributed by atoms with E-state index >= 15 is 0 Å². The molecule has 2 N–H and O–H groups in total. The topological polar surface area (TPSA) is 86.8 Å². The van der Waals surface area contributed by atoms with E-state index in [2.05, 4.69) is 44.0 Å². The summed E-state index contributed by atoms with van der Waals surface area (Å²) in [6.45, 7) is 6.52. The maximum absolute atomic E-state index is 12.3. The van der Waals surface area contributed by atoms with Crippen LogP contribution in [0.5, 0.6) is 0 Å². The van der Waals surface area contributed by atoms with Crippen molar-refractivity contribution in [2.75, 3.05) is 24.5 Å². The van der Waals surface area contributed by atoms with Gasteiger partial charge in [0.1, 0.15) is 11.8 Å². The second kappa shape index (κ2) is 6.29. The fourth-order valence-electron chi connectivity index (χ4n) is 2.82. The quantitative estimate of drug-likeness (QED) is 0.890. The van der Waals surface area contributed by atoms with Crippen LogP contribution in [0.3, 0.4) is 0 Å². The van der Waals surface area contributed by atoms with Crippen LogP contribution in [0.2, 0.25) is 0 Å². The first kappa shape index (κ1) is 14.7. The minimum atomic E-state index is 0.0143. The Morgan fingerprint density at radius 2 is 2.32 bits per heavy atom. The summed E-state index contributed by atoms with van der Waals surface area (Å²) in [6.07, 6.45) is 5.07. The number of imidazole rings is 1. The number of H-pyrrole nitrogens is 1. The zero-order chi connectivity index (χ0) is 15.5. The molecule has 0 saturated carbocycles. The van der Waals surface area contributed by atoms with Crippen molar-refractivity contribution in [2.45, 2.75) is 26.7 Å². The maximum Gasteiger partial charge on any atom is 0.224 e. The lowest BCUT2D eigenvalue weighted by molar-refractivity contribution is -0.125. The number of aromatic nitrogens is 4. The molecule has 1 saturated heterocycles. The number of carbonyl (C=O) groups excluding carboxylic acids is 1. The third kappa shape index (κ3) is 3.03. The highest BCUT2D eigenvalue weighted by Crippen LogP contribution is 2.25. The van der Waals surface area contributed by atoms with Crippen LogP contribution in [0, 0.1) is 11.8 Å². The highest BCUT2D eigenvalue weighted by Gasteiger charge is 2.27. The van der Waals surface area contributed by atoms with E-state index in [0.717, 1.165) is 37.3 Å². The average Bonchev–Trinajstić information content (AvgIpc) is 3.01. The zero-order valence-electron chi connectivity index (χ0n) is 13.0. The standard InChI is InChI=1S/C15H22N6O/c1-10(2)6-16-15(22)11-4-3-5-21(7-11)14-12-13(18-8-17-12)19-9-20-14/h8-11H,3-7H2,1-2H3,(H,16,22)(H,17,18,19,20)/t11-/m0/s1. The smallest absolute Gasteiger partial charge is 0.224 e. The monoisotopic (exact) mass is 302 g/mol. The first-order chi connectivity index (χ1) is 10.6. The molecular formula is C15H22N6O. The number of piperidine rings is 1. The molecule has 1 aliphatic heterocycles. The van der Waals surface area contributed by atoms with Crippen molar-refractivity contribution >= 4 is 22.9 Å². The van der Waals surface area contributed by atoms with Crippen LogP contribution in [0.25, 0.3) is 11.2 Å². The van der Waals surface area contributed by atoms with Gasteiger partial charge in [0.15, 0.2) is 11.5 Å². The Kier molecular flexibility index (Phi) is 4.22. The Morgan fingerprint density at radius 1 is 1.45 bits per heavy atom. The lowest BCUT2D eigenvalue weighted by Gasteiger charge is -2.33. The number of aromatic amines is 1. The number of hydrogen-bond donors (Lipinski definition) is 2. The molecule has 1 fully saturated rings. The molecule has 1 atom stereocenters. The van der Waals surface area contributed by atoms with Crippen molar-refractivity contribution in [2.24, 2.45) is 11.8 Å². The molecule has 0 unspecified atom stereocenters. The van der Waals surface area contributed by atoms with Crippen LogP contribution in [-0.4, -0.2) is 45.5 Å². The molecule has 22 heavy (non-hydrogen) atoms. The fourth-order valence-corrected chi connectivity index (χ4v) is 2.82. The molecule has 2 aromatic heterocycles. The molecule has 0 bridgehead atoms. The Bertz CT molecular complexity index is 652. The van der Waals surface area contributed by atoms with Crippen LogP contribution < -0.4 is 10.2 Å². The van der Waals surface area contributed by atoms with E-state index in [1.807, 2.05) is 0 Å². The zero-order valence-corrected chi connectivity index (χ0v) is 13.0. The predicted molar refractivity (Wildman–Crippen MR) is 84.5 cm³/mol. The number of amides is 1. The van der Waals surface area contributed by atoms with E-state index in [4.69, 9.17) is 0 Å². The summed E-state index contributed by atoms with van der Waals surface area (Å²) in [7, 11) is 0. The van der Waals surface area contributed by atoms with Gasteiger partial charge < -0.3 is 15.2 Å².